The average molecular weight is 436 g/mol. The van der Waals surface area contributed by atoms with Gasteiger partial charge < -0.3 is 4.90 Å². The van der Waals surface area contributed by atoms with Gasteiger partial charge in [-0.15, -0.1) is 12.4 Å². The summed E-state index contributed by atoms with van der Waals surface area (Å²) in [4.78, 5) is 7.51. The van der Waals surface area contributed by atoms with Crippen LogP contribution in [-0.2, 0) is 5.54 Å². The predicted molar refractivity (Wildman–Crippen MR) is 121 cm³/mol. The molecule has 0 spiro atoms. The van der Waals surface area contributed by atoms with Gasteiger partial charge in [0.05, 0.1) is 0 Å². The molecule has 0 amide bonds. The lowest BCUT2D eigenvalue weighted by Gasteiger charge is -2.47. The molecular weight excluding hydrogens is 404 g/mol. The van der Waals surface area contributed by atoms with Crippen LogP contribution in [0.5, 0.6) is 0 Å². The number of hydrogen-bond acceptors (Lipinski definition) is 3. The van der Waals surface area contributed by atoms with Gasteiger partial charge >= 0.3 is 0 Å². The molecule has 0 unspecified atom stereocenters. The molecule has 6 heteroatoms. The zero-order valence-electron chi connectivity index (χ0n) is 17.9. The second-order valence-electron chi connectivity index (χ2n) is 8.78. The van der Waals surface area contributed by atoms with Gasteiger partial charge in [-0.3, -0.25) is 9.80 Å². The monoisotopic (exact) mass is 435 g/mol. The van der Waals surface area contributed by atoms with Gasteiger partial charge in [0.1, 0.15) is 11.6 Å². The van der Waals surface area contributed by atoms with Crippen LogP contribution in [0.3, 0.4) is 0 Å². The van der Waals surface area contributed by atoms with Crippen LogP contribution in [0.2, 0.25) is 0 Å². The highest BCUT2D eigenvalue weighted by Gasteiger charge is 2.34. The maximum absolute atomic E-state index is 13.3. The Bertz CT molecular complexity index is 794. The summed E-state index contributed by atoms with van der Waals surface area (Å²) in [6.07, 6.45) is 2.34. The van der Waals surface area contributed by atoms with E-state index < -0.39 is 0 Å². The molecule has 3 nitrogen and oxygen atoms in total. The van der Waals surface area contributed by atoms with Crippen molar-refractivity contribution in [1.82, 2.24) is 9.80 Å². The van der Waals surface area contributed by atoms with E-state index in [1.54, 1.807) is 24.3 Å². The van der Waals surface area contributed by atoms with Crippen LogP contribution in [0.15, 0.2) is 48.5 Å². The van der Waals surface area contributed by atoms with E-state index in [2.05, 4.69) is 28.5 Å². The lowest BCUT2D eigenvalue weighted by molar-refractivity contribution is 0.0443. The molecule has 0 saturated carbocycles. The molecule has 0 bridgehead atoms. The molecule has 2 fully saturated rings. The van der Waals surface area contributed by atoms with E-state index in [1.807, 2.05) is 24.3 Å². The Kier molecular flexibility index (Phi) is 7.38. The summed E-state index contributed by atoms with van der Waals surface area (Å²) >= 11 is 0. The fourth-order valence-corrected chi connectivity index (χ4v) is 4.83. The van der Waals surface area contributed by atoms with Gasteiger partial charge in [0.25, 0.3) is 0 Å². The lowest BCUT2D eigenvalue weighted by atomic mass is 9.89. The van der Waals surface area contributed by atoms with Crippen molar-refractivity contribution >= 4 is 18.1 Å². The minimum atomic E-state index is -0.178. The predicted octanol–water partition coefficient (Wildman–Crippen LogP) is 4.91. The quantitative estimate of drug-likeness (QED) is 0.675. The lowest BCUT2D eigenvalue weighted by Crippen LogP contribution is -2.55. The molecule has 0 N–H and O–H groups in total. The van der Waals surface area contributed by atoms with E-state index in [1.165, 1.54) is 18.4 Å². The summed E-state index contributed by atoms with van der Waals surface area (Å²) in [5.74, 6) is -0.356. The van der Waals surface area contributed by atoms with Crippen LogP contribution < -0.4 is 4.90 Å². The second kappa shape index (κ2) is 9.63. The van der Waals surface area contributed by atoms with Crippen molar-refractivity contribution in [2.24, 2.45) is 0 Å². The number of anilines is 1. The van der Waals surface area contributed by atoms with Crippen molar-refractivity contribution in [2.75, 3.05) is 44.2 Å². The number of piperazine rings is 1. The van der Waals surface area contributed by atoms with Crippen LogP contribution in [0.25, 0.3) is 0 Å². The van der Waals surface area contributed by atoms with Gasteiger partial charge in [-0.25, -0.2) is 8.78 Å². The van der Waals surface area contributed by atoms with E-state index in [4.69, 9.17) is 0 Å². The first-order valence-electron chi connectivity index (χ1n) is 10.7. The van der Waals surface area contributed by atoms with E-state index in [9.17, 15) is 8.78 Å². The summed E-state index contributed by atoms with van der Waals surface area (Å²) in [6.45, 7) is 10.7. The van der Waals surface area contributed by atoms with E-state index in [0.717, 1.165) is 45.0 Å². The maximum atomic E-state index is 13.3. The zero-order valence-corrected chi connectivity index (χ0v) is 18.7. The highest BCUT2D eigenvalue weighted by Crippen LogP contribution is 2.32. The summed E-state index contributed by atoms with van der Waals surface area (Å²) in [5, 5.41) is 0. The minimum absolute atomic E-state index is 0. The Morgan fingerprint density at radius 3 is 1.77 bits per heavy atom. The maximum Gasteiger partial charge on any atom is 0.123 e. The van der Waals surface area contributed by atoms with Crippen molar-refractivity contribution in [3.8, 4) is 0 Å². The summed E-state index contributed by atoms with van der Waals surface area (Å²) in [5.41, 5.74) is 2.20. The Morgan fingerprint density at radius 2 is 1.23 bits per heavy atom. The van der Waals surface area contributed by atoms with Crippen molar-refractivity contribution < 1.29 is 8.78 Å². The molecule has 0 atom stereocenters. The first-order chi connectivity index (χ1) is 13.9. The highest BCUT2D eigenvalue weighted by atomic mass is 35.5. The summed E-state index contributed by atoms with van der Waals surface area (Å²) in [6, 6.07) is 14.4. The van der Waals surface area contributed by atoms with Gasteiger partial charge in [0.15, 0.2) is 0 Å². The average Bonchev–Trinajstić information content (AvgIpc) is 2.75. The smallest absolute Gasteiger partial charge is 0.123 e. The Balaban J connectivity index is 0.00000256. The fourth-order valence-electron chi connectivity index (χ4n) is 4.83. The zero-order chi connectivity index (χ0) is 20.4. The Morgan fingerprint density at radius 1 is 0.733 bits per heavy atom. The van der Waals surface area contributed by atoms with Gasteiger partial charge in [0, 0.05) is 56.5 Å². The van der Waals surface area contributed by atoms with Gasteiger partial charge in [0.2, 0.25) is 0 Å². The molecule has 0 aromatic heterocycles. The molecule has 164 valence electrons. The van der Waals surface area contributed by atoms with Crippen LogP contribution in [0.1, 0.15) is 32.3 Å². The number of nitrogens with zero attached hydrogens (tertiary/aromatic N) is 3. The van der Waals surface area contributed by atoms with Crippen molar-refractivity contribution in [2.45, 2.75) is 38.3 Å². The van der Waals surface area contributed by atoms with Crippen LogP contribution in [0, 0.1) is 11.6 Å². The van der Waals surface area contributed by atoms with Crippen LogP contribution in [-0.4, -0.2) is 55.1 Å². The third-order valence-corrected chi connectivity index (χ3v) is 6.83. The van der Waals surface area contributed by atoms with Crippen molar-refractivity contribution in [3.05, 3.63) is 65.7 Å². The van der Waals surface area contributed by atoms with E-state index >= 15 is 0 Å². The number of hydrogen-bond donors (Lipinski definition) is 0. The van der Waals surface area contributed by atoms with Crippen LogP contribution >= 0.6 is 12.4 Å². The highest BCUT2D eigenvalue weighted by molar-refractivity contribution is 5.85. The molecule has 2 saturated heterocycles. The number of halogens is 3. The summed E-state index contributed by atoms with van der Waals surface area (Å²) < 4.78 is 26.4. The van der Waals surface area contributed by atoms with Crippen LogP contribution in [0.4, 0.5) is 14.5 Å². The topological polar surface area (TPSA) is 9.72 Å². The number of piperidine rings is 1. The molecular formula is C24H32ClF2N3. The normalized spacial score (nSPS) is 19.5. The van der Waals surface area contributed by atoms with Crippen molar-refractivity contribution in [3.63, 3.8) is 0 Å². The second-order valence-corrected chi connectivity index (χ2v) is 8.78. The molecule has 30 heavy (non-hydrogen) atoms. The molecule has 2 aromatic rings. The third kappa shape index (κ3) is 4.96. The minimum Gasteiger partial charge on any atom is -0.369 e. The van der Waals surface area contributed by atoms with Gasteiger partial charge in [-0.2, -0.15) is 0 Å². The van der Waals surface area contributed by atoms with Gasteiger partial charge in [-0.05, 0) is 68.7 Å². The SMILES string of the molecule is CC(C)(c1ccc(F)cc1)N1CCC(N2CCN(c3ccc(F)cc3)CC2)CC1.Cl. The third-order valence-electron chi connectivity index (χ3n) is 6.83. The van der Waals surface area contributed by atoms with E-state index in [-0.39, 0.29) is 29.6 Å². The molecule has 0 aliphatic carbocycles. The Labute approximate surface area is 185 Å². The molecule has 2 aromatic carbocycles. The standard InChI is InChI=1S/C24H31F2N3.ClH/c1-24(2,19-3-5-20(25)6-4-19)29-13-11-23(12-14-29)28-17-15-27(16-18-28)22-9-7-21(26)8-10-22;/h3-10,23H,11-18H2,1-2H3;1H. The number of rotatable bonds is 4. The molecule has 2 aliphatic rings. The fraction of sp³-hybridized carbons (Fsp3) is 0.500. The number of likely N-dealkylation sites (tertiary alicyclic amines) is 1. The first-order valence-corrected chi connectivity index (χ1v) is 10.7. The van der Waals surface area contributed by atoms with Crippen molar-refractivity contribution in [1.29, 1.82) is 0 Å². The van der Waals surface area contributed by atoms with Gasteiger partial charge in [-0.1, -0.05) is 12.1 Å². The molecule has 4 rings (SSSR count). The van der Waals surface area contributed by atoms with E-state index in [0.29, 0.717) is 6.04 Å². The Hall–Kier alpha value is -1.69. The number of benzene rings is 2. The molecule has 2 heterocycles. The summed E-state index contributed by atoms with van der Waals surface area (Å²) in [7, 11) is 0. The largest absolute Gasteiger partial charge is 0.369 e. The molecule has 0 radical (unpaired) electrons. The molecule has 2 aliphatic heterocycles. The first kappa shape index (κ1) is 23.0.